The van der Waals surface area contributed by atoms with Gasteiger partial charge in [-0.3, -0.25) is 4.72 Å². The summed E-state index contributed by atoms with van der Waals surface area (Å²) < 4.78 is 40.0. The maximum absolute atomic E-state index is 13.2. The first-order valence-corrected chi connectivity index (χ1v) is 7.43. The average molecular weight is 294 g/mol. The van der Waals surface area contributed by atoms with E-state index in [2.05, 4.69) is 4.72 Å². The van der Waals surface area contributed by atoms with E-state index >= 15 is 0 Å². The predicted molar refractivity (Wildman–Crippen MR) is 77.5 cm³/mol. The molecule has 0 aromatic heterocycles. The highest BCUT2D eigenvalue weighted by Crippen LogP contribution is 2.23. The van der Waals surface area contributed by atoms with Gasteiger partial charge >= 0.3 is 0 Å². The summed E-state index contributed by atoms with van der Waals surface area (Å²) in [6, 6.07) is 8.41. The highest BCUT2D eigenvalue weighted by molar-refractivity contribution is 7.92. The Bertz CT molecular complexity index is 758. The molecular weight excluding hydrogens is 279 g/mol. The fourth-order valence-corrected chi connectivity index (χ4v) is 2.95. The number of nitrogen functional groups attached to an aromatic ring is 1. The van der Waals surface area contributed by atoms with Crippen molar-refractivity contribution in [2.45, 2.75) is 18.7 Å². The van der Waals surface area contributed by atoms with E-state index in [1.165, 1.54) is 6.07 Å². The molecular formula is C14H15FN2O2S. The van der Waals surface area contributed by atoms with Gasteiger partial charge in [0.05, 0.1) is 5.69 Å². The number of aryl methyl sites for hydroxylation is 2. The van der Waals surface area contributed by atoms with Crippen LogP contribution in [0.3, 0.4) is 0 Å². The molecule has 0 saturated carbocycles. The van der Waals surface area contributed by atoms with Crippen LogP contribution in [0.4, 0.5) is 15.8 Å². The fourth-order valence-electron chi connectivity index (χ4n) is 1.76. The minimum absolute atomic E-state index is 0.00253. The van der Waals surface area contributed by atoms with E-state index in [0.29, 0.717) is 5.69 Å². The van der Waals surface area contributed by atoms with E-state index in [4.69, 9.17) is 5.73 Å². The highest BCUT2D eigenvalue weighted by Gasteiger charge is 2.18. The van der Waals surface area contributed by atoms with Crippen molar-refractivity contribution in [1.82, 2.24) is 0 Å². The van der Waals surface area contributed by atoms with Gasteiger partial charge in [0.25, 0.3) is 10.0 Å². The standard InChI is InChI=1S/C14H15FN2O2S/c1-9-3-5-12(7-10(9)2)17-20(18,19)14-8-11(15)4-6-13(14)16/h3-8,17H,16H2,1-2H3. The average Bonchev–Trinajstić information content (AvgIpc) is 2.36. The number of nitrogens with two attached hydrogens (primary N) is 1. The topological polar surface area (TPSA) is 72.2 Å². The van der Waals surface area contributed by atoms with E-state index in [-0.39, 0.29) is 10.6 Å². The van der Waals surface area contributed by atoms with Gasteiger partial charge in [0.2, 0.25) is 0 Å². The number of nitrogens with one attached hydrogen (secondary N) is 1. The van der Waals surface area contributed by atoms with Crippen LogP contribution in [-0.2, 0) is 10.0 Å². The molecule has 20 heavy (non-hydrogen) atoms. The molecule has 6 heteroatoms. The van der Waals surface area contributed by atoms with Crippen LogP contribution in [-0.4, -0.2) is 8.42 Å². The summed E-state index contributed by atoms with van der Waals surface area (Å²) >= 11 is 0. The molecule has 2 rings (SSSR count). The van der Waals surface area contributed by atoms with Gasteiger partial charge in [-0.25, -0.2) is 12.8 Å². The molecule has 0 saturated heterocycles. The summed E-state index contributed by atoms with van der Waals surface area (Å²) in [6.45, 7) is 3.81. The second-order valence-corrected chi connectivity index (χ2v) is 6.24. The van der Waals surface area contributed by atoms with Crippen molar-refractivity contribution in [3.05, 3.63) is 53.3 Å². The summed E-state index contributed by atoms with van der Waals surface area (Å²) in [5, 5.41) is 0. The molecule has 0 spiro atoms. The summed E-state index contributed by atoms with van der Waals surface area (Å²) in [5.41, 5.74) is 8.02. The third kappa shape index (κ3) is 2.91. The van der Waals surface area contributed by atoms with Crippen molar-refractivity contribution in [3.63, 3.8) is 0 Å². The van der Waals surface area contributed by atoms with Gasteiger partial charge in [0, 0.05) is 5.69 Å². The molecule has 0 fully saturated rings. The number of hydrogen-bond acceptors (Lipinski definition) is 3. The van der Waals surface area contributed by atoms with Gasteiger partial charge in [-0.05, 0) is 55.3 Å². The van der Waals surface area contributed by atoms with E-state index < -0.39 is 15.8 Å². The van der Waals surface area contributed by atoms with E-state index in [0.717, 1.165) is 23.3 Å². The zero-order valence-corrected chi connectivity index (χ0v) is 12.0. The lowest BCUT2D eigenvalue weighted by Crippen LogP contribution is -2.15. The third-order valence-electron chi connectivity index (χ3n) is 3.02. The van der Waals surface area contributed by atoms with E-state index in [1.807, 2.05) is 19.9 Å². The molecule has 0 atom stereocenters. The molecule has 106 valence electrons. The third-order valence-corrected chi connectivity index (χ3v) is 4.46. The second-order valence-electron chi connectivity index (χ2n) is 4.59. The van der Waals surface area contributed by atoms with Crippen molar-refractivity contribution in [2.24, 2.45) is 0 Å². The lowest BCUT2D eigenvalue weighted by atomic mass is 10.1. The van der Waals surface area contributed by atoms with E-state index in [9.17, 15) is 12.8 Å². The summed E-state index contributed by atoms with van der Waals surface area (Å²) in [6.07, 6.45) is 0. The molecule has 0 aliphatic carbocycles. The normalized spacial score (nSPS) is 11.3. The Morgan fingerprint density at radius 1 is 1.05 bits per heavy atom. The maximum atomic E-state index is 13.2. The van der Waals surface area contributed by atoms with Crippen molar-refractivity contribution in [2.75, 3.05) is 10.5 Å². The lowest BCUT2D eigenvalue weighted by Gasteiger charge is -2.11. The van der Waals surface area contributed by atoms with Gasteiger partial charge < -0.3 is 5.73 Å². The maximum Gasteiger partial charge on any atom is 0.264 e. The van der Waals surface area contributed by atoms with Crippen molar-refractivity contribution >= 4 is 21.4 Å². The molecule has 0 aliphatic heterocycles. The molecule has 2 aromatic carbocycles. The summed E-state index contributed by atoms with van der Waals surface area (Å²) in [7, 11) is -3.91. The number of sulfonamides is 1. The van der Waals surface area contributed by atoms with Gasteiger partial charge in [-0.1, -0.05) is 6.07 Å². The number of anilines is 2. The minimum atomic E-state index is -3.91. The van der Waals surface area contributed by atoms with Crippen LogP contribution in [0.15, 0.2) is 41.3 Å². The fraction of sp³-hybridized carbons (Fsp3) is 0.143. The van der Waals surface area contributed by atoms with Gasteiger partial charge in [0.1, 0.15) is 10.7 Å². The van der Waals surface area contributed by atoms with Crippen LogP contribution >= 0.6 is 0 Å². The van der Waals surface area contributed by atoms with Crippen LogP contribution in [0.5, 0.6) is 0 Å². The lowest BCUT2D eigenvalue weighted by molar-refractivity contribution is 0.596. The summed E-state index contributed by atoms with van der Waals surface area (Å²) in [4.78, 5) is -0.268. The van der Waals surface area contributed by atoms with Gasteiger partial charge in [0.15, 0.2) is 0 Å². The van der Waals surface area contributed by atoms with Gasteiger partial charge in [-0.15, -0.1) is 0 Å². The Labute approximate surface area is 117 Å². The Morgan fingerprint density at radius 2 is 1.75 bits per heavy atom. The molecule has 0 amide bonds. The van der Waals surface area contributed by atoms with Crippen molar-refractivity contribution in [1.29, 1.82) is 0 Å². The number of rotatable bonds is 3. The monoisotopic (exact) mass is 294 g/mol. The van der Waals surface area contributed by atoms with Crippen molar-refractivity contribution < 1.29 is 12.8 Å². The zero-order chi connectivity index (χ0) is 14.9. The number of benzene rings is 2. The van der Waals surface area contributed by atoms with Crippen LogP contribution in [0, 0.1) is 19.7 Å². The highest BCUT2D eigenvalue weighted by atomic mass is 32.2. The van der Waals surface area contributed by atoms with Crippen LogP contribution in [0.1, 0.15) is 11.1 Å². The molecule has 0 aliphatic rings. The quantitative estimate of drug-likeness (QED) is 0.855. The Kier molecular flexibility index (Phi) is 3.67. The number of halogens is 1. The van der Waals surface area contributed by atoms with Crippen LogP contribution in [0.25, 0.3) is 0 Å². The second kappa shape index (κ2) is 5.13. The molecule has 3 N–H and O–H groups in total. The molecule has 4 nitrogen and oxygen atoms in total. The van der Waals surface area contributed by atoms with Crippen molar-refractivity contribution in [3.8, 4) is 0 Å². The molecule has 0 unspecified atom stereocenters. The Morgan fingerprint density at radius 3 is 2.40 bits per heavy atom. The predicted octanol–water partition coefficient (Wildman–Crippen LogP) is 2.83. The van der Waals surface area contributed by atoms with Crippen LogP contribution in [0.2, 0.25) is 0 Å². The Balaban J connectivity index is 2.40. The zero-order valence-electron chi connectivity index (χ0n) is 11.1. The SMILES string of the molecule is Cc1ccc(NS(=O)(=O)c2cc(F)ccc2N)cc1C. The Hall–Kier alpha value is -2.08. The van der Waals surface area contributed by atoms with Crippen LogP contribution < -0.4 is 10.5 Å². The number of hydrogen-bond donors (Lipinski definition) is 2. The molecule has 0 heterocycles. The van der Waals surface area contributed by atoms with E-state index in [1.54, 1.807) is 12.1 Å². The minimum Gasteiger partial charge on any atom is -0.398 e. The molecule has 2 aromatic rings. The summed E-state index contributed by atoms with van der Waals surface area (Å²) in [5.74, 6) is -0.653. The van der Waals surface area contributed by atoms with Gasteiger partial charge in [-0.2, -0.15) is 0 Å². The molecule has 0 radical (unpaired) electrons. The first-order valence-electron chi connectivity index (χ1n) is 5.95. The largest absolute Gasteiger partial charge is 0.398 e. The first kappa shape index (κ1) is 14.3. The first-order chi connectivity index (χ1) is 9.29. The smallest absolute Gasteiger partial charge is 0.264 e. The molecule has 0 bridgehead atoms.